The Labute approximate surface area is 267 Å². The van der Waals surface area contributed by atoms with Gasteiger partial charge in [-0.25, -0.2) is 0 Å². The number of nitrogens with zero attached hydrogens (tertiary/aromatic N) is 2. The molecule has 0 bridgehead atoms. The van der Waals surface area contributed by atoms with Crippen LogP contribution in [0.3, 0.4) is 0 Å². The predicted octanol–water partition coefficient (Wildman–Crippen LogP) is 6.23. The van der Waals surface area contributed by atoms with Crippen LogP contribution in [-0.2, 0) is 4.79 Å². The van der Waals surface area contributed by atoms with Crippen LogP contribution in [0.25, 0.3) is 10.8 Å². The summed E-state index contributed by atoms with van der Waals surface area (Å²) in [5.41, 5.74) is 3.09. The molecule has 2 fully saturated rings. The van der Waals surface area contributed by atoms with Crippen molar-refractivity contribution in [3.8, 4) is 0 Å². The lowest BCUT2D eigenvalue weighted by Crippen LogP contribution is -2.49. The Morgan fingerprint density at radius 2 is 1.47 bits per heavy atom. The fourth-order valence-corrected chi connectivity index (χ4v) is 6.98. The molecule has 2 saturated heterocycles. The van der Waals surface area contributed by atoms with Crippen LogP contribution in [0, 0.1) is 0 Å². The van der Waals surface area contributed by atoms with E-state index in [1.54, 1.807) is 0 Å². The van der Waals surface area contributed by atoms with Gasteiger partial charge in [-0.15, -0.1) is 0 Å². The van der Waals surface area contributed by atoms with E-state index in [4.69, 9.17) is 0 Å². The molecule has 234 valence electrons. The van der Waals surface area contributed by atoms with Gasteiger partial charge in [0.15, 0.2) is 0 Å². The summed E-state index contributed by atoms with van der Waals surface area (Å²) in [5.74, 6) is 0.188. The van der Waals surface area contributed by atoms with Gasteiger partial charge in [-0.05, 0) is 85.8 Å². The number of carbonyl (C=O) groups excluding carboxylic acids is 2. The summed E-state index contributed by atoms with van der Waals surface area (Å²) < 4.78 is 0. The Bertz CT molecular complexity index is 1500. The molecule has 2 aliphatic heterocycles. The van der Waals surface area contributed by atoms with E-state index in [-0.39, 0.29) is 29.8 Å². The van der Waals surface area contributed by atoms with E-state index in [2.05, 4.69) is 75.0 Å². The lowest BCUT2D eigenvalue weighted by Gasteiger charge is -2.30. The summed E-state index contributed by atoms with van der Waals surface area (Å²) in [6.45, 7) is 5.13. The van der Waals surface area contributed by atoms with Crippen molar-refractivity contribution >= 4 is 22.6 Å². The first kappa shape index (κ1) is 31.0. The highest BCUT2D eigenvalue weighted by Gasteiger charge is 2.32. The summed E-state index contributed by atoms with van der Waals surface area (Å²) in [5, 5.41) is 9.05. The molecule has 1 unspecified atom stereocenters. The molecule has 4 aromatic rings. The molecule has 2 aliphatic rings. The van der Waals surface area contributed by atoms with Gasteiger partial charge in [-0.3, -0.25) is 9.59 Å². The second kappa shape index (κ2) is 15.3. The summed E-state index contributed by atoms with van der Waals surface area (Å²) >= 11 is 0. The van der Waals surface area contributed by atoms with Crippen molar-refractivity contribution in [3.05, 3.63) is 120 Å². The van der Waals surface area contributed by atoms with Gasteiger partial charge in [-0.1, -0.05) is 97.4 Å². The van der Waals surface area contributed by atoms with Crippen LogP contribution in [0.1, 0.15) is 65.9 Å². The monoisotopic (exact) mass is 602 g/mol. The van der Waals surface area contributed by atoms with Gasteiger partial charge < -0.3 is 20.4 Å². The number of hydrogen-bond donors (Lipinski definition) is 2. The number of benzene rings is 4. The fourth-order valence-electron chi connectivity index (χ4n) is 6.98. The molecule has 0 aromatic heterocycles. The minimum absolute atomic E-state index is 0.00948. The normalized spacial score (nSPS) is 19.5. The predicted molar refractivity (Wildman–Crippen MR) is 182 cm³/mol. The molecule has 6 nitrogen and oxygen atoms in total. The molecule has 6 rings (SSSR count). The maximum absolute atomic E-state index is 14.2. The first-order valence-electron chi connectivity index (χ1n) is 16.8. The Balaban J connectivity index is 1.16. The van der Waals surface area contributed by atoms with Crippen molar-refractivity contribution < 1.29 is 9.59 Å². The van der Waals surface area contributed by atoms with E-state index in [9.17, 15) is 9.59 Å². The Morgan fingerprint density at radius 1 is 0.800 bits per heavy atom. The maximum Gasteiger partial charge on any atom is 0.251 e. The lowest BCUT2D eigenvalue weighted by molar-refractivity contribution is -0.133. The van der Waals surface area contributed by atoms with E-state index in [0.717, 1.165) is 49.7 Å². The molecule has 0 spiro atoms. The van der Waals surface area contributed by atoms with Crippen LogP contribution in [0.5, 0.6) is 0 Å². The standard InChI is InChI=1S/C39H46N4O2/c44-38(34-21-20-30-13-8-9-18-33(30)27-34)40-28-35-22-26-43(39(45)37(41-35)19-12-25-42-23-10-3-11-24-42)29-36(31-14-4-1-5-15-31)32-16-6-2-7-17-32/h1-2,4-9,13-18,20-21,27,35-37,41H,3,10-12,19,22-26,28-29H2,(H,40,44)/t35?,37-/m0/s1. The summed E-state index contributed by atoms with van der Waals surface area (Å²) in [4.78, 5) is 32.1. The van der Waals surface area contributed by atoms with Gasteiger partial charge in [0.05, 0.1) is 6.04 Å². The number of likely N-dealkylation sites (tertiary alicyclic amines) is 1. The smallest absolute Gasteiger partial charge is 0.251 e. The molecule has 2 atom stereocenters. The SMILES string of the molecule is O=C(NCC1CCN(CC(c2ccccc2)c2ccccc2)C(=O)[C@H](CCCN2CCCCC2)N1)c1ccc2ccccc2c1. The number of amides is 2. The van der Waals surface area contributed by atoms with Crippen molar-refractivity contribution in [2.45, 2.75) is 56.5 Å². The topological polar surface area (TPSA) is 64.7 Å². The van der Waals surface area contributed by atoms with Gasteiger partial charge >= 0.3 is 0 Å². The van der Waals surface area contributed by atoms with Crippen LogP contribution < -0.4 is 10.6 Å². The van der Waals surface area contributed by atoms with Crippen LogP contribution in [0.2, 0.25) is 0 Å². The maximum atomic E-state index is 14.2. The summed E-state index contributed by atoms with van der Waals surface area (Å²) in [7, 11) is 0. The van der Waals surface area contributed by atoms with Crippen LogP contribution >= 0.6 is 0 Å². The number of fused-ring (bicyclic) bond motifs is 1. The molecule has 0 aliphatic carbocycles. The van der Waals surface area contributed by atoms with Crippen LogP contribution in [-0.4, -0.2) is 73.0 Å². The molecule has 0 radical (unpaired) electrons. The first-order chi connectivity index (χ1) is 22.1. The van der Waals surface area contributed by atoms with Gasteiger partial charge in [0.25, 0.3) is 5.91 Å². The van der Waals surface area contributed by atoms with Gasteiger partial charge in [-0.2, -0.15) is 0 Å². The fraction of sp³-hybridized carbons (Fsp3) is 0.385. The minimum Gasteiger partial charge on any atom is -0.350 e. The molecule has 4 aromatic carbocycles. The third-order valence-corrected chi connectivity index (χ3v) is 9.54. The van der Waals surface area contributed by atoms with Crippen molar-refractivity contribution in [1.82, 2.24) is 20.4 Å². The largest absolute Gasteiger partial charge is 0.350 e. The number of piperidine rings is 1. The van der Waals surface area contributed by atoms with E-state index >= 15 is 0 Å². The zero-order valence-corrected chi connectivity index (χ0v) is 26.2. The number of hydrogen-bond acceptors (Lipinski definition) is 4. The van der Waals surface area contributed by atoms with Gasteiger partial charge in [0, 0.05) is 37.2 Å². The average molecular weight is 603 g/mol. The molecule has 2 N–H and O–H groups in total. The third kappa shape index (κ3) is 8.19. The van der Waals surface area contributed by atoms with Crippen LogP contribution in [0.15, 0.2) is 103 Å². The van der Waals surface area contributed by atoms with E-state index in [0.29, 0.717) is 25.2 Å². The first-order valence-corrected chi connectivity index (χ1v) is 16.8. The van der Waals surface area contributed by atoms with E-state index < -0.39 is 0 Å². The average Bonchev–Trinajstić information content (AvgIpc) is 3.24. The Hall–Kier alpha value is -4.00. The van der Waals surface area contributed by atoms with Crippen molar-refractivity contribution in [3.63, 3.8) is 0 Å². The van der Waals surface area contributed by atoms with E-state index in [1.165, 1.54) is 30.4 Å². The highest BCUT2D eigenvalue weighted by atomic mass is 16.2. The summed E-state index contributed by atoms with van der Waals surface area (Å²) in [6.07, 6.45) is 6.42. The summed E-state index contributed by atoms with van der Waals surface area (Å²) in [6, 6.07) is 34.7. The molecular formula is C39H46N4O2. The minimum atomic E-state index is -0.271. The molecular weight excluding hydrogens is 556 g/mol. The molecule has 0 saturated carbocycles. The van der Waals surface area contributed by atoms with Crippen molar-refractivity contribution in [2.24, 2.45) is 0 Å². The van der Waals surface area contributed by atoms with Crippen molar-refractivity contribution in [1.29, 1.82) is 0 Å². The third-order valence-electron chi connectivity index (χ3n) is 9.54. The Kier molecular flexibility index (Phi) is 10.6. The number of nitrogens with one attached hydrogen (secondary N) is 2. The Morgan fingerprint density at radius 3 is 2.18 bits per heavy atom. The second-order valence-electron chi connectivity index (χ2n) is 12.7. The quantitative estimate of drug-likeness (QED) is 0.214. The molecule has 2 amide bonds. The zero-order valence-electron chi connectivity index (χ0n) is 26.2. The number of rotatable bonds is 11. The molecule has 45 heavy (non-hydrogen) atoms. The zero-order chi connectivity index (χ0) is 30.8. The van der Waals surface area contributed by atoms with Crippen LogP contribution in [0.4, 0.5) is 0 Å². The second-order valence-corrected chi connectivity index (χ2v) is 12.7. The highest BCUT2D eigenvalue weighted by Crippen LogP contribution is 2.27. The lowest BCUT2D eigenvalue weighted by atomic mass is 9.90. The van der Waals surface area contributed by atoms with Crippen molar-refractivity contribution in [2.75, 3.05) is 39.3 Å². The van der Waals surface area contributed by atoms with E-state index in [1.807, 2.05) is 48.5 Å². The molecule has 6 heteroatoms. The molecule has 2 heterocycles. The highest BCUT2D eigenvalue weighted by molar-refractivity contribution is 5.98. The van der Waals surface area contributed by atoms with Gasteiger partial charge in [0.2, 0.25) is 5.91 Å². The number of carbonyl (C=O) groups is 2. The van der Waals surface area contributed by atoms with Gasteiger partial charge in [0.1, 0.15) is 0 Å².